The molecule has 1 aromatic heterocycles. The summed E-state index contributed by atoms with van der Waals surface area (Å²) < 4.78 is 0. The number of piperazine rings is 1. The molecule has 5 nitrogen and oxygen atoms in total. The van der Waals surface area contributed by atoms with Crippen LogP contribution in [-0.2, 0) is 0 Å². The Bertz CT molecular complexity index is 411. The number of nitrogens with zero attached hydrogens (tertiary/aromatic N) is 3. The van der Waals surface area contributed by atoms with Crippen LogP contribution >= 0.6 is 11.3 Å². The Kier molecular flexibility index (Phi) is 4.31. The van der Waals surface area contributed by atoms with Crippen molar-refractivity contribution in [2.45, 2.75) is 20.0 Å². The van der Waals surface area contributed by atoms with Gasteiger partial charge < -0.3 is 10.0 Å². The number of aliphatic hydroxyl groups excluding tert-OH is 1. The summed E-state index contributed by atoms with van der Waals surface area (Å²) in [5.41, 5.74) is 0. The molecule has 0 radical (unpaired) electrons. The zero-order chi connectivity index (χ0) is 13.1. The molecule has 1 N–H and O–H groups in total. The lowest BCUT2D eigenvalue weighted by Gasteiger charge is -2.34. The minimum atomic E-state index is -0.309. The van der Waals surface area contributed by atoms with Gasteiger partial charge in [0.1, 0.15) is 4.88 Å². The Labute approximate surface area is 111 Å². The van der Waals surface area contributed by atoms with Crippen molar-refractivity contribution in [2.24, 2.45) is 0 Å². The monoisotopic (exact) mass is 269 g/mol. The molecule has 2 heterocycles. The molecule has 1 fully saturated rings. The average molecular weight is 269 g/mol. The fourth-order valence-corrected chi connectivity index (χ4v) is 2.87. The van der Waals surface area contributed by atoms with E-state index in [1.165, 1.54) is 11.3 Å². The normalized spacial score (nSPS) is 18.9. The van der Waals surface area contributed by atoms with Crippen molar-refractivity contribution in [3.63, 3.8) is 0 Å². The van der Waals surface area contributed by atoms with E-state index in [9.17, 15) is 9.90 Å². The van der Waals surface area contributed by atoms with Crippen LogP contribution in [0.2, 0.25) is 0 Å². The number of aromatic nitrogens is 1. The number of thiazole rings is 1. The van der Waals surface area contributed by atoms with E-state index in [2.05, 4.69) is 9.88 Å². The van der Waals surface area contributed by atoms with E-state index in [4.69, 9.17) is 0 Å². The van der Waals surface area contributed by atoms with Gasteiger partial charge in [-0.25, -0.2) is 4.98 Å². The maximum Gasteiger partial charge on any atom is 0.265 e. The molecule has 0 aliphatic carbocycles. The van der Waals surface area contributed by atoms with Gasteiger partial charge in [0.15, 0.2) is 0 Å². The van der Waals surface area contributed by atoms with Crippen LogP contribution in [0.4, 0.5) is 0 Å². The smallest absolute Gasteiger partial charge is 0.265 e. The van der Waals surface area contributed by atoms with E-state index in [0.717, 1.165) is 36.1 Å². The number of hydrogen-bond donors (Lipinski definition) is 1. The summed E-state index contributed by atoms with van der Waals surface area (Å²) in [7, 11) is 0. The molecule has 100 valence electrons. The molecule has 6 heteroatoms. The zero-order valence-corrected chi connectivity index (χ0v) is 11.6. The minimum Gasteiger partial charge on any atom is -0.392 e. The molecule has 1 aliphatic heterocycles. The van der Waals surface area contributed by atoms with Crippen LogP contribution in [0.3, 0.4) is 0 Å². The van der Waals surface area contributed by atoms with Crippen LogP contribution < -0.4 is 0 Å². The fourth-order valence-electron chi connectivity index (χ4n) is 2.12. The van der Waals surface area contributed by atoms with Crippen molar-refractivity contribution >= 4 is 17.2 Å². The molecular weight excluding hydrogens is 250 g/mol. The third kappa shape index (κ3) is 3.28. The second-order valence-corrected chi connectivity index (χ2v) is 5.92. The van der Waals surface area contributed by atoms with Crippen molar-refractivity contribution in [3.05, 3.63) is 16.1 Å². The predicted molar refractivity (Wildman–Crippen MR) is 70.9 cm³/mol. The van der Waals surface area contributed by atoms with Crippen molar-refractivity contribution in [3.8, 4) is 0 Å². The molecule has 0 bridgehead atoms. The fraction of sp³-hybridized carbons (Fsp3) is 0.667. The van der Waals surface area contributed by atoms with Gasteiger partial charge >= 0.3 is 0 Å². The summed E-state index contributed by atoms with van der Waals surface area (Å²) in [6, 6.07) is 0. The van der Waals surface area contributed by atoms with E-state index in [-0.39, 0.29) is 12.0 Å². The van der Waals surface area contributed by atoms with Crippen molar-refractivity contribution in [2.75, 3.05) is 32.7 Å². The van der Waals surface area contributed by atoms with E-state index >= 15 is 0 Å². The van der Waals surface area contributed by atoms with E-state index in [1.807, 2.05) is 11.8 Å². The number of carbonyl (C=O) groups excluding carboxylic acids is 1. The van der Waals surface area contributed by atoms with Gasteiger partial charge in [-0.05, 0) is 13.8 Å². The largest absolute Gasteiger partial charge is 0.392 e. The number of carbonyl (C=O) groups is 1. The second-order valence-electron chi connectivity index (χ2n) is 4.69. The molecule has 1 amide bonds. The van der Waals surface area contributed by atoms with Crippen LogP contribution in [-0.4, -0.2) is 64.6 Å². The highest BCUT2D eigenvalue weighted by Gasteiger charge is 2.23. The molecule has 2 rings (SSSR count). The van der Waals surface area contributed by atoms with Crippen molar-refractivity contribution in [1.29, 1.82) is 0 Å². The van der Waals surface area contributed by atoms with Crippen molar-refractivity contribution in [1.82, 2.24) is 14.8 Å². The Morgan fingerprint density at radius 1 is 1.50 bits per heavy atom. The summed E-state index contributed by atoms with van der Waals surface area (Å²) in [5.74, 6) is 0.0808. The van der Waals surface area contributed by atoms with Crippen LogP contribution in [0.25, 0.3) is 0 Å². The highest BCUT2D eigenvalue weighted by atomic mass is 32.1. The number of rotatable bonds is 3. The first kappa shape index (κ1) is 13.5. The third-order valence-corrected chi connectivity index (χ3v) is 3.91. The summed E-state index contributed by atoms with van der Waals surface area (Å²) in [6.07, 6.45) is 1.35. The SMILES string of the molecule is Cc1ncc(C(=O)N2CCN(CC(C)O)CC2)s1. The molecule has 1 aromatic rings. The van der Waals surface area contributed by atoms with E-state index in [1.54, 1.807) is 13.1 Å². The maximum absolute atomic E-state index is 12.2. The van der Waals surface area contributed by atoms with Gasteiger partial charge in [0.2, 0.25) is 0 Å². The summed E-state index contributed by atoms with van der Waals surface area (Å²) in [5, 5.41) is 10.3. The summed E-state index contributed by atoms with van der Waals surface area (Å²) >= 11 is 1.45. The Morgan fingerprint density at radius 3 is 2.67 bits per heavy atom. The topological polar surface area (TPSA) is 56.7 Å². The Balaban J connectivity index is 1.88. The van der Waals surface area contributed by atoms with E-state index < -0.39 is 0 Å². The number of aryl methyl sites for hydroxylation is 1. The number of β-amino-alcohol motifs (C(OH)–C–C–N with tert-alkyl or cyclic N) is 1. The molecule has 1 aliphatic rings. The van der Waals surface area contributed by atoms with Crippen LogP contribution in [0.1, 0.15) is 21.6 Å². The zero-order valence-electron chi connectivity index (χ0n) is 10.8. The molecular formula is C12H19N3O2S. The molecule has 0 aromatic carbocycles. The summed E-state index contributed by atoms with van der Waals surface area (Å²) in [6.45, 7) is 7.48. The average Bonchev–Trinajstić information content (AvgIpc) is 2.75. The number of amides is 1. The first-order valence-corrected chi connectivity index (χ1v) is 7.00. The van der Waals surface area contributed by atoms with Gasteiger partial charge in [0.05, 0.1) is 17.3 Å². The molecule has 1 atom stereocenters. The van der Waals surface area contributed by atoms with Gasteiger partial charge in [-0.3, -0.25) is 9.69 Å². The Hall–Kier alpha value is -0.980. The standard InChI is InChI=1S/C12H19N3O2S/c1-9(16)8-14-3-5-15(6-4-14)12(17)11-7-13-10(2)18-11/h7,9,16H,3-6,8H2,1-2H3. The van der Waals surface area contributed by atoms with Crippen LogP contribution in [0, 0.1) is 6.92 Å². The Morgan fingerprint density at radius 2 is 2.17 bits per heavy atom. The van der Waals surface area contributed by atoms with Crippen LogP contribution in [0.5, 0.6) is 0 Å². The highest BCUT2D eigenvalue weighted by molar-refractivity contribution is 7.13. The van der Waals surface area contributed by atoms with Gasteiger partial charge in [-0.2, -0.15) is 0 Å². The van der Waals surface area contributed by atoms with Gasteiger partial charge in [0.25, 0.3) is 5.91 Å². The van der Waals surface area contributed by atoms with Gasteiger partial charge in [0, 0.05) is 32.7 Å². The van der Waals surface area contributed by atoms with Crippen molar-refractivity contribution < 1.29 is 9.90 Å². The molecule has 1 saturated heterocycles. The first-order chi connectivity index (χ1) is 8.56. The minimum absolute atomic E-state index is 0.0808. The van der Waals surface area contributed by atoms with Gasteiger partial charge in [-0.15, -0.1) is 11.3 Å². The third-order valence-electron chi connectivity index (χ3n) is 3.01. The van der Waals surface area contributed by atoms with E-state index in [0.29, 0.717) is 6.54 Å². The van der Waals surface area contributed by atoms with Crippen LogP contribution in [0.15, 0.2) is 6.20 Å². The molecule has 18 heavy (non-hydrogen) atoms. The molecule has 1 unspecified atom stereocenters. The number of aliphatic hydroxyl groups is 1. The highest BCUT2D eigenvalue weighted by Crippen LogP contribution is 2.15. The predicted octanol–water partition coefficient (Wildman–Crippen LogP) is 0.590. The molecule has 0 saturated carbocycles. The first-order valence-electron chi connectivity index (χ1n) is 6.18. The van der Waals surface area contributed by atoms with Gasteiger partial charge in [-0.1, -0.05) is 0 Å². The number of hydrogen-bond acceptors (Lipinski definition) is 5. The lowest BCUT2D eigenvalue weighted by Crippen LogP contribution is -2.50. The lowest BCUT2D eigenvalue weighted by molar-refractivity contribution is 0.0558. The second kappa shape index (κ2) is 5.77. The molecule has 0 spiro atoms. The maximum atomic E-state index is 12.2. The summed E-state index contributed by atoms with van der Waals surface area (Å²) in [4.78, 5) is 21.1. The quantitative estimate of drug-likeness (QED) is 0.872. The lowest BCUT2D eigenvalue weighted by atomic mass is 10.2.